The number of aryl methyl sites for hydroxylation is 1. The first-order valence-electron chi connectivity index (χ1n) is 5.15. The molecule has 0 bridgehead atoms. The van der Waals surface area contributed by atoms with Crippen molar-refractivity contribution in [2.24, 2.45) is 5.92 Å². The summed E-state index contributed by atoms with van der Waals surface area (Å²) in [6.45, 7) is 6.53. The molecule has 1 rings (SSSR count). The van der Waals surface area contributed by atoms with Crippen LogP contribution < -0.4 is 10.5 Å². The molecule has 0 aliphatic rings. The molecule has 0 aliphatic heterocycles. The Balaban J connectivity index is 2.80. The lowest BCUT2D eigenvalue weighted by Crippen LogP contribution is -2.13. The molecule has 0 radical (unpaired) electrons. The van der Waals surface area contributed by atoms with Crippen LogP contribution in [0.2, 0.25) is 0 Å². The molecule has 1 aromatic carbocycles. The minimum atomic E-state index is 0.139. The van der Waals surface area contributed by atoms with Gasteiger partial charge in [0.15, 0.2) is 0 Å². The predicted octanol–water partition coefficient (Wildman–Crippen LogP) is 1.89. The lowest BCUT2D eigenvalue weighted by atomic mass is 10.1. The molecule has 3 nitrogen and oxygen atoms in total. The van der Waals surface area contributed by atoms with Crippen molar-refractivity contribution >= 4 is 5.69 Å². The Bertz CT molecular complexity index is 337. The minimum Gasteiger partial charge on any atom is -0.493 e. The third-order valence-electron chi connectivity index (χ3n) is 2.47. The van der Waals surface area contributed by atoms with E-state index in [4.69, 9.17) is 15.6 Å². The van der Waals surface area contributed by atoms with E-state index in [9.17, 15) is 0 Å². The number of hydrogen-bond acceptors (Lipinski definition) is 3. The zero-order chi connectivity index (χ0) is 11.4. The summed E-state index contributed by atoms with van der Waals surface area (Å²) in [5, 5.41) is 8.90. The molecule has 0 spiro atoms. The normalized spacial score (nSPS) is 12.5. The first-order chi connectivity index (χ1) is 7.06. The van der Waals surface area contributed by atoms with Gasteiger partial charge in [-0.2, -0.15) is 0 Å². The third kappa shape index (κ3) is 2.86. The van der Waals surface area contributed by atoms with Crippen LogP contribution in [-0.4, -0.2) is 18.3 Å². The number of hydrogen-bond donors (Lipinski definition) is 2. The number of aliphatic hydroxyl groups excluding tert-OH is 1. The van der Waals surface area contributed by atoms with Crippen molar-refractivity contribution in [3.05, 3.63) is 23.3 Å². The molecule has 0 amide bonds. The van der Waals surface area contributed by atoms with Gasteiger partial charge in [0, 0.05) is 23.8 Å². The Morgan fingerprint density at radius 3 is 2.67 bits per heavy atom. The van der Waals surface area contributed by atoms with Gasteiger partial charge >= 0.3 is 0 Å². The van der Waals surface area contributed by atoms with Gasteiger partial charge in [0.1, 0.15) is 5.75 Å². The number of anilines is 1. The Kier molecular flexibility index (Phi) is 3.97. The lowest BCUT2D eigenvalue weighted by Gasteiger charge is -2.15. The maximum Gasteiger partial charge on any atom is 0.127 e. The number of aliphatic hydroxyl groups is 1. The summed E-state index contributed by atoms with van der Waals surface area (Å²) in [6.07, 6.45) is 0. The summed E-state index contributed by atoms with van der Waals surface area (Å²) in [4.78, 5) is 0. The third-order valence-corrected chi connectivity index (χ3v) is 2.47. The highest BCUT2D eigenvalue weighted by atomic mass is 16.5. The quantitative estimate of drug-likeness (QED) is 0.744. The minimum absolute atomic E-state index is 0.139. The van der Waals surface area contributed by atoms with Crippen LogP contribution in [0.3, 0.4) is 0 Å². The number of nitrogens with two attached hydrogens (primary N) is 1. The second kappa shape index (κ2) is 5.03. The molecule has 3 N–H and O–H groups in total. The van der Waals surface area contributed by atoms with Crippen LogP contribution in [0, 0.1) is 19.8 Å². The van der Waals surface area contributed by atoms with Gasteiger partial charge in [-0.25, -0.2) is 0 Å². The molecule has 15 heavy (non-hydrogen) atoms. The smallest absolute Gasteiger partial charge is 0.127 e. The maximum absolute atomic E-state index is 8.90. The monoisotopic (exact) mass is 209 g/mol. The van der Waals surface area contributed by atoms with Gasteiger partial charge in [-0.05, 0) is 25.5 Å². The molecule has 1 aromatic rings. The number of benzene rings is 1. The van der Waals surface area contributed by atoms with Crippen LogP contribution in [0.4, 0.5) is 5.69 Å². The van der Waals surface area contributed by atoms with Crippen LogP contribution in [0.1, 0.15) is 18.1 Å². The van der Waals surface area contributed by atoms with Crippen LogP contribution in [0.15, 0.2) is 12.1 Å². The highest BCUT2D eigenvalue weighted by molar-refractivity contribution is 5.56. The molecule has 3 heteroatoms. The fraction of sp³-hybridized carbons (Fsp3) is 0.500. The van der Waals surface area contributed by atoms with E-state index in [2.05, 4.69) is 0 Å². The molecule has 0 aliphatic carbocycles. The molecule has 0 aromatic heterocycles. The van der Waals surface area contributed by atoms with Gasteiger partial charge in [0.05, 0.1) is 6.61 Å². The summed E-state index contributed by atoms with van der Waals surface area (Å²) < 4.78 is 5.66. The van der Waals surface area contributed by atoms with Crippen LogP contribution in [0.5, 0.6) is 5.75 Å². The van der Waals surface area contributed by atoms with Gasteiger partial charge in [-0.3, -0.25) is 0 Å². The van der Waals surface area contributed by atoms with Crippen molar-refractivity contribution in [3.8, 4) is 5.75 Å². The molecular weight excluding hydrogens is 190 g/mol. The molecule has 0 fully saturated rings. The van der Waals surface area contributed by atoms with Gasteiger partial charge in [-0.15, -0.1) is 0 Å². The second-order valence-electron chi connectivity index (χ2n) is 4.02. The zero-order valence-electron chi connectivity index (χ0n) is 9.58. The summed E-state index contributed by atoms with van der Waals surface area (Å²) in [5.41, 5.74) is 8.59. The van der Waals surface area contributed by atoms with Crippen molar-refractivity contribution in [2.45, 2.75) is 20.8 Å². The zero-order valence-corrected chi connectivity index (χ0v) is 9.58. The molecule has 1 atom stereocenters. The van der Waals surface area contributed by atoms with Gasteiger partial charge in [-0.1, -0.05) is 13.0 Å². The Morgan fingerprint density at radius 2 is 2.07 bits per heavy atom. The maximum atomic E-state index is 8.90. The van der Waals surface area contributed by atoms with E-state index in [0.29, 0.717) is 6.61 Å². The molecular formula is C12H19NO2. The fourth-order valence-corrected chi connectivity index (χ4v) is 1.34. The van der Waals surface area contributed by atoms with E-state index in [0.717, 1.165) is 22.6 Å². The summed E-state index contributed by atoms with van der Waals surface area (Å²) in [7, 11) is 0. The topological polar surface area (TPSA) is 55.5 Å². The highest BCUT2D eigenvalue weighted by Gasteiger charge is 2.08. The average molecular weight is 209 g/mol. The summed E-state index contributed by atoms with van der Waals surface area (Å²) >= 11 is 0. The van der Waals surface area contributed by atoms with Crippen molar-refractivity contribution in [3.63, 3.8) is 0 Å². The largest absolute Gasteiger partial charge is 0.493 e. The van der Waals surface area contributed by atoms with Gasteiger partial charge < -0.3 is 15.6 Å². The highest BCUT2D eigenvalue weighted by Crippen LogP contribution is 2.27. The SMILES string of the molecule is Cc1ccc(N)c(C)c1OCC(C)CO. The van der Waals surface area contributed by atoms with E-state index in [1.807, 2.05) is 32.9 Å². The van der Waals surface area contributed by atoms with Crippen LogP contribution in [0.25, 0.3) is 0 Å². The fourth-order valence-electron chi connectivity index (χ4n) is 1.34. The number of rotatable bonds is 4. The lowest BCUT2D eigenvalue weighted by molar-refractivity contribution is 0.173. The van der Waals surface area contributed by atoms with E-state index in [1.165, 1.54) is 0 Å². The van der Waals surface area contributed by atoms with Crippen molar-refractivity contribution in [2.75, 3.05) is 18.9 Å². The van der Waals surface area contributed by atoms with Gasteiger partial charge in [0.25, 0.3) is 0 Å². The summed E-state index contributed by atoms with van der Waals surface area (Å²) in [6, 6.07) is 3.83. The standard InChI is InChI=1S/C12H19NO2/c1-8(6-14)7-15-12-9(2)4-5-11(13)10(12)3/h4-5,8,14H,6-7,13H2,1-3H3. The summed E-state index contributed by atoms with van der Waals surface area (Å²) in [5.74, 6) is 0.987. The van der Waals surface area contributed by atoms with Gasteiger partial charge in [0.2, 0.25) is 0 Å². The van der Waals surface area contributed by atoms with Crippen LogP contribution >= 0.6 is 0 Å². The van der Waals surface area contributed by atoms with E-state index < -0.39 is 0 Å². The van der Waals surface area contributed by atoms with Crippen molar-refractivity contribution in [1.29, 1.82) is 0 Å². The molecule has 1 unspecified atom stereocenters. The molecule has 0 heterocycles. The Morgan fingerprint density at radius 1 is 1.40 bits per heavy atom. The predicted molar refractivity (Wildman–Crippen MR) is 62.1 cm³/mol. The number of ether oxygens (including phenoxy) is 1. The van der Waals surface area contributed by atoms with Crippen molar-refractivity contribution in [1.82, 2.24) is 0 Å². The van der Waals surface area contributed by atoms with Crippen molar-refractivity contribution < 1.29 is 9.84 Å². The molecule has 84 valence electrons. The Hall–Kier alpha value is -1.22. The van der Waals surface area contributed by atoms with E-state index in [1.54, 1.807) is 0 Å². The Labute approximate surface area is 90.9 Å². The first kappa shape index (κ1) is 11.9. The van der Waals surface area contributed by atoms with E-state index in [-0.39, 0.29) is 12.5 Å². The molecule has 0 saturated carbocycles. The second-order valence-corrected chi connectivity index (χ2v) is 4.02. The average Bonchev–Trinajstić information content (AvgIpc) is 2.23. The molecule has 0 saturated heterocycles. The van der Waals surface area contributed by atoms with E-state index >= 15 is 0 Å². The van der Waals surface area contributed by atoms with Crippen LogP contribution in [-0.2, 0) is 0 Å². The number of nitrogen functional groups attached to an aromatic ring is 1. The first-order valence-corrected chi connectivity index (χ1v) is 5.15.